The van der Waals surface area contributed by atoms with Crippen molar-refractivity contribution in [1.29, 1.82) is 0 Å². The van der Waals surface area contributed by atoms with Gasteiger partial charge in [0.1, 0.15) is 12.7 Å². The fraction of sp³-hybridized carbons (Fsp3) is 0.250. The Labute approximate surface area is 167 Å². The van der Waals surface area contributed by atoms with Gasteiger partial charge in [0.25, 0.3) is 12.4 Å². The highest BCUT2D eigenvalue weighted by molar-refractivity contribution is 5.95. The van der Waals surface area contributed by atoms with Gasteiger partial charge in [-0.05, 0) is 24.5 Å². The first kappa shape index (κ1) is 21.5. The average molecular weight is 397 g/mol. The van der Waals surface area contributed by atoms with E-state index in [1.165, 1.54) is 12.4 Å². The van der Waals surface area contributed by atoms with E-state index in [0.29, 0.717) is 30.6 Å². The number of carbonyl (C=O) groups excluding carboxylic acids is 1. The second-order valence-corrected chi connectivity index (χ2v) is 6.06. The van der Waals surface area contributed by atoms with Crippen molar-refractivity contribution in [2.45, 2.75) is 32.4 Å². The number of hydrogen-bond acceptors (Lipinski definition) is 5. The number of rotatable bonds is 7. The Bertz CT molecular complexity index is 955. The number of carboxylic acid groups (broad SMARTS) is 1. The minimum atomic E-state index is -0.250. The number of benzene rings is 1. The zero-order valence-electron chi connectivity index (χ0n) is 16.0. The van der Waals surface area contributed by atoms with E-state index in [1.54, 1.807) is 17.1 Å². The van der Waals surface area contributed by atoms with E-state index in [-0.39, 0.29) is 24.0 Å². The van der Waals surface area contributed by atoms with Crippen LogP contribution in [0.5, 0.6) is 0 Å². The number of carbonyl (C=O) groups is 2. The highest BCUT2D eigenvalue weighted by Gasteiger charge is 2.18. The third kappa shape index (κ3) is 6.42. The zero-order chi connectivity index (χ0) is 21.1. The van der Waals surface area contributed by atoms with Gasteiger partial charge in [0, 0.05) is 18.3 Å². The second kappa shape index (κ2) is 11.2. The summed E-state index contributed by atoms with van der Waals surface area (Å²) in [4.78, 5) is 39.4. The van der Waals surface area contributed by atoms with Crippen LogP contribution in [0.4, 0.5) is 0 Å². The molecule has 0 saturated carbocycles. The first-order valence-corrected chi connectivity index (χ1v) is 9.07. The fourth-order valence-corrected chi connectivity index (χ4v) is 2.86. The highest BCUT2D eigenvalue weighted by Crippen LogP contribution is 2.18. The van der Waals surface area contributed by atoms with Gasteiger partial charge in [-0.3, -0.25) is 19.1 Å². The second-order valence-electron chi connectivity index (χ2n) is 6.06. The van der Waals surface area contributed by atoms with Crippen molar-refractivity contribution in [3.8, 4) is 0 Å². The molecule has 3 aromatic rings. The Morgan fingerprint density at radius 3 is 2.62 bits per heavy atom. The molecule has 3 rings (SSSR count). The highest BCUT2D eigenvalue weighted by atomic mass is 16.3. The van der Waals surface area contributed by atoms with E-state index in [9.17, 15) is 9.59 Å². The van der Waals surface area contributed by atoms with Crippen LogP contribution < -0.4 is 10.9 Å². The normalized spacial score (nSPS) is 11.1. The summed E-state index contributed by atoms with van der Waals surface area (Å²) in [5.41, 5.74) is 1.94. The molecule has 0 saturated heterocycles. The Hall–Kier alpha value is -3.75. The molecular weight excluding hydrogens is 374 g/mol. The smallest absolute Gasteiger partial charge is 0.290 e. The van der Waals surface area contributed by atoms with Gasteiger partial charge in [-0.1, -0.05) is 37.3 Å². The maximum Gasteiger partial charge on any atom is 0.290 e. The van der Waals surface area contributed by atoms with E-state index < -0.39 is 0 Å². The summed E-state index contributed by atoms with van der Waals surface area (Å²) in [6.07, 6.45) is 4.39. The Morgan fingerprint density at radius 2 is 2.00 bits per heavy atom. The van der Waals surface area contributed by atoms with Crippen molar-refractivity contribution >= 4 is 12.4 Å². The van der Waals surface area contributed by atoms with E-state index in [1.807, 2.05) is 37.3 Å². The molecule has 0 aliphatic rings. The largest absolute Gasteiger partial charge is 0.483 e. The van der Waals surface area contributed by atoms with E-state index in [4.69, 9.17) is 9.90 Å². The molecule has 3 N–H and O–H groups in total. The molecule has 0 aliphatic carbocycles. The molecule has 1 atom stereocenters. The molecule has 0 aliphatic heterocycles. The van der Waals surface area contributed by atoms with Gasteiger partial charge in [0.2, 0.25) is 5.56 Å². The SMILES string of the molecule is CCc1[nH]c(=O)ccc1C(=O)NC(CCn1cncn1)c1ccccc1.O=CO. The number of H-pyrrole nitrogens is 1. The molecule has 29 heavy (non-hydrogen) atoms. The number of aromatic amines is 1. The monoisotopic (exact) mass is 397 g/mol. The van der Waals surface area contributed by atoms with Gasteiger partial charge in [-0.2, -0.15) is 5.10 Å². The van der Waals surface area contributed by atoms with Crippen molar-refractivity contribution in [3.05, 3.63) is 82.3 Å². The third-order valence-corrected chi connectivity index (χ3v) is 4.22. The minimum Gasteiger partial charge on any atom is -0.483 e. The summed E-state index contributed by atoms with van der Waals surface area (Å²) in [6.45, 7) is 2.29. The molecule has 1 aromatic carbocycles. The zero-order valence-corrected chi connectivity index (χ0v) is 16.0. The lowest BCUT2D eigenvalue weighted by atomic mass is 10.0. The van der Waals surface area contributed by atoms with Gasteiger partial charge in [-0.25, -0.2) is 4.98 Å². The van der Waals surface area contributed by atoms with Crippen molar-refractivity contribution in [1.82, 2.24) is 25.1 Å². The lowest BCUT2D eigenvalue weighted by Crippen LogP contribution is -2.31. The van der Waals surface area contributed by atoms with Crippen LogP contribution >= 0.6 is 0 Å². The van der Waals surface area contributed by atoms with E-state index in [0.717, 1.165) is 5.56 Å². The molecule has 2 heterocycles. The van der Waals surface area contributed by atoms with Crippen LogP contribution in [0.15, 0.2) is 59.9 Å². The molecule has 0 radical (unpaired) electrons. The molecule has 1 unspecified atom stereocenters. The number of hydrogen-bond donors (Lipinski definition) is 3. The maximum atomic E-state index is 12.8. The van der Waals surface area contributed by atoms with Gasteiger partial charge in [0.05, 0.1) is 11.6 Å². The summed E-state index contributed by atoms with van der Waals surface area (Å²) >= 11 is 0. The standard InChI is InChI=1S/C19H21N5O2.CH2O2/c1-2-16-15(8-9-18(25)22-16)19(26)23-17(14-6-4-3-5-7-14)10-11-24-13-20-12-21-24;2-1-3/h3-9,12-13,17H,2,10-11H2,1H3,(H,22,25)(H,23,26);1H,(H,2,3). The third-order valence-electron chi connectivity index (χ3n) is 4.22. The fourth-order valence-electron chi connectivity index (χ4n) is 2.86. The van der Waals surface area contributed by atoms with Crippen LogP contribution in [-0.2, 0) is 17.8 Å². The Morgan fingerprint density at radius 1 is 1.28 bits per heavy atom. The van der Waals surface area contributed by atoms with Gasteiger partial charge < -0.3 is 15.4 Å². The number of aryl methyl sites for hydroxylation is 2. The van der Waals surface area contributed by atoms with Crippen molar-refractivity contribution in [2.24, 2.45) is 0 Å². The van der Waals surface area contributed by atoms with Crippen LogP contribution in [0.1, 0.15) is 41.0 Å². The van der Waals surface area contributed by atoms with Crippen LogP contribution in [0.25, 0.3) is 0 Å². The molecule has 0 bridgehead atoms. The van der Waals surface area contributed by atoms with Crippen LogP contribution in [0, 0.1) is 0 Å². The summed E-state index contributed by atoms with van der Waals surface area (Å²) < 4.78 is 1.74. The summed E-state index contributed by atoms with van der Waals surface area (Å²) in [6, 6.07) is 12.6. The van der Waals surface area contributed by atoms with E-state index >= 15 is 0 Å². The topological polar surface area (TPSA) is 130 Å². The Balaban J connectivity index is 0.000000941. The number of amides is 1. The van der Waals surface area contributed by atoms with Gasteiger partial charge >= 0.3 is 0 Å². The first-order chi connectivity index (χ1) is 14.1. The first-order valence-electron chi connectivity index (χ1n) is 9.07. The minimum absolute atomic E-state index is 0.176. The van der Waals surface area contributed by atoms with Crippen molar-refractivity contribution in [3.63, 3.8) is 0 Å². The molecule has 0 fully saturated rings. The molecule has 9 heteroatoms. The maximum absolute atomic E-state index is 12.8. The van der Waals surface area contributed by atoms with Crippen molar-refractivity contribution < 1.29 is 14.7 Å². The van der Waals surface area contributed by atoms with E-state index in [2.05, 4.69) is 20.4 Å². The summed E-state index contributed by atoms with van der Waals surface area (Å²) in [7, 11) is 0. The van der Waals surface area contributed by atoms with Crippen LogP contribution in [0.2, 0.25) is 0 Å². The van der Waals surface area contributed by atoms with Crippen LogP contribution in [0.3, 0.4) is 0 Å². The number of pyridine rings is 1. The van der Waals surface area contributed by atoms with Crippen molar-refractivity contribution in [2.75, 3.05) is 0 Å². The Kier molecular flexibility index (Phi) is 8.30. The lowest BCUT2D eigenvalue weighted by Gasteiger charge is -2.20. The summed E-state index contributed by atoms with van der Waals surface area (Å²) in [5.74, 6) is -0.203. The summed E-state index contributed by atoms with van der Waals surface area (Å²) in [5, 5.41) is 14.1. The molecule has 1 amide bonds. The molecule has 2 aromatic heterocycles. The predicted octanol–water partition coefficient (Wildman–Crippen LogP) is 1.79. The molecule has 152 valence electrons. The number of aromatic nitrogens is 4. The average Bonchev–Trinajstić information content (AvgIpc) is 3.25. The lowest BCUT2D eigenvalue weighted by molar-refractivity contribution is -0.122. The van der Waals surface area contributed by atoms with Crippen LogP contribution in [-0.4, -0.2) is 37.2 Å². The van der Waals surface area contributed by atoms with Gasteiger partial charge in [-0.15, -0.1) is 0 Å². The molecular formula is C20H23N5O4. The predicted molar refractivity (Wildman–Crippen MR) is 106 cm³/mol. The number of nitrogens with zero attached hydrogens (tertiary/aromatic N) is 3. The quantitative estimate of drug-likeness (QED) is 0.521. The molecule has 9 nitrogen and oxygen atoms in total. The number of nitrogens with one attached hydrogen (secondary N) is 2. The van der Waals surface area contributed by atoms with Gasteiger partial charge in [0.15, 0.2) is 0 Å². The molecule has 0 spiro atoms.